The molecule has 0 bridgehead atoms. The van der Waals surface area contributed by atoms with Crippen LogP contribution in [0.25, 0.3) is 0 Å². The maximum absolute atomic E-state index is 14.8. The zero-order valence-electron chi connectivity index (χ0n) is 33.8. The van der Waals surface area contributed by atoms with Crippen LogP contribution in [0.4, 0.5) is 4.79 Å². The van der Waals surface area contributed by atoms with Gasteiger partial charge in [-0.1, -0.05) is 86.6 Å². The van der Waals surface area contributed by atoms with E-state index in [0.29, 0.717) is 25.8 Å². The van der Waals surface area contributed by atoms with Gasteiger partial charge in [-0.05, 0) is 66.6 Å². The molecule has 4 rings (SSSR count). The van der Waals surface area contributed by atoms with Crippen LogP contribution in [0.3, 0.4) is 0 Å². The van der Waals surface area contributed by atoms with E-state index < -0.39 is 58.6 Å². The smallest absolute Gasteiger partial charge is 0.315 e. The Kier molecular flexibility index (Phi) is 14.5. The molecule has 302 valence electrons. The molecule has 2 aliphatic heterocycles. The van der Waals surface area contributed by atoms with Crippen LogP contribution in [-0.4, -0.2) is 95.0 Å². The van der Waals surface area contributed by atoms with Crippen molar-refractivity contribution in [3.63, 3.8) is 0 Å². The standard InChI is InChI=1S/C41H66N6O7/c1-9-18-42-37(52)35(50)29(21-26-15-16-26)43-36(51)34-28(20-25(2)3)17-19-46(34)38(53)33(27-13-11-10-12-14-27)45-39(54)44-30(40(4,5)6)24-47-31(48)22-41(7,8)23-32(47)49/h9,25-30,33-34H,1,10-24H2,2-8H3,(H,42,52)(H,43,51)(H2,44,45,54)/t28?,29?,30-,33+,34+/m1/s1. The summed E-state index contributed by atoms with van der Waals surface area (Å²) in [5, 5.41) is 11.4. The molecule has 2 aliphatic carbocycles. The molecule has 4 N–H and O–H groups in total. The van der Waals surface area contributed by atoms with E-state index in [1.54, 1.807) is 4.90 Å². The second kappa shape index (κ2) is 18.2. The van der Waals surface area contributed by atoms with Crippen molar-refractivity contribution in [2.45, 2.75) is 150 Å². The number of likely N-dealkylation sites (tertiary alicyclic amines) is 2. The lowest BCUT2D eigenvalue weighted by molar-refractivity contribution is -0.153. The van der Waals surface area contributed by atoms with E-state index in [2.05, 4.69) is 41.7 Å². The molecule has 13 heteroatoms. The predicted octanol–water partition coefficient (Wildman–Crippen LogP) is 4.24. The minimum absolute atomic E-state index is 0.0182. The van der Waals surface area contributed by atoms with Gasteiger partial charge in [0, 0.05) is 32.5 Å². The van der Waals surface area contributed by atoms with E-state index in [9.17, 15) is 33.6 Å². The molecule has 0 spiro atoms. The first kappa shape index (κ1) is 43.0. The molecule has 2 heterocycles. The van der Waals surface area contributed by atoms with E-state index in [1.807, 2.05) is 34.6 Å². The summed E-state index contributed by atoms with van der Waals surface area (Å²) in [6.07, 6.45) is 9.78. The number of urea groups is 1. The van der Waals surface area contributed by atoms with Crippen LogP contribution in [0.1, 0.15) is 126 Å². The molecule has 4 fully saturated rings. The van der Waals surface area contributed by atoms with Gasteiger partial charge in [0.25, 0.3) is 5.91 Å². The second-order valence-corrected chi connectivity index (χ2v) is 18.6. The Balaban J connectivity index is 1.56. The summed E-state index contributed by atoms with van der Waals surface area (Å²) in [4.78, 5) is 97.9. The van der Waals surface area contributed by atoms with Gasteiger partial charge in [0.05, 0.1) is 12.1 Å². The van der Waals surface area contributed by atoms with Gasteiger partial charge in [0.15, 0.2) is 0 Å². The topological polar surface area (TPSA) is 174 Å². The van der Waals surface area contributed by atoms with Crippen LogP contribution in [0.2, 0.25) is 0 Å². The zero-order chi connectivity index (χ0) is 40.0. The number of rotatable bonds is 16. The molecule has 0 aromatic heterocycles. The van der Waals surface area contributed by atoms with Gasteiger partial charge < -0.3 is 26.2 Å². The summed E-state index contributed by atoms with van der Waals surface area (Å²) in [7, 11) is 0. The van der Waals surface area contributed by atoms with Crippen molar-refractivity contribution in [2.24, 2.45) is 34.5 Å². The highest BCUT2D eigenvalue weighted by Crippen LogP contribution is 2.36. The molecule has 2 unspecified atom stereocenters. The fourth-order valence-corrected chi connectivity index (χ4v) is 8.40. The maximum atomic E-state index is 14.8. The molecule has 7 amide bonds. The molecule has 0 aromatic rings. The highest BCUT2D eigenvalue weighted by Gasteiger charge is 2.47. The molecule has 2 saturated heterocycles. The van der Waals surface area contributed by atoms with Crippen LogP contribution < -0.4 is 21.3 Å². The Morgan fingerprint density at radius 2 is 1.52 bits per heavy atom. The van der Waals surface area contributed by atoms with Crippen molar-refractivity contribution in [3.05, 3.63) is 12.7 Å². The van der Waals surface area contributed by atoms with Gasteiger partial charge in [0.1, 0.15) is 12.1 Å². The van der Waals surface area contributed by atoms with E-state index in [1.165, 1.54) is 11.0 Å². The number of nitrogens with zero attached hydrogens (tertiary/aromatic N) is 2. The van der Waals surface area contributed by atoms with Gasteiger partial charge in [0.2, 0.25) is 29.4 Å². The minimum Gasteiger partial charge on any atom is -0.346 e. The molecular weight excluding hydrogens is 688 g/mol. The maximum Gasteiger partial charge on any atom is 0.315 e. The summed E-state index contributed by atoms with van der Waals surface area (Å²) >= 11 is 0. The lowest BCUT2D eigenvalue weighted by Gasteiger charge is -2.40. The number of ketones is 1. The average molecular weight is 755 g/mol. The Morgan fingerprint density at radius 3 is 2.07 bits per heavy atom. The van der Waals surface area contributed by atoms with Crippen molar-refractivity contribution < 1.29 is 33.6 Å². The van der Waals surface area contributed by atoms with Crippen molar-refractivity contribution in [3.8, 4) is 0 Å². The number of piperidine rings is 1. The molecule has 13 nitrogen and oxygen atoms in total. The number of hydrogen-bond donors (Lipinski definition) is 4. The monoisotopic (exact) mass is 754 g/mol. The van der Waals surface area contributed by atoms with Crippen molar-refractivity contribution >= 4 is 41.4 Å². The zero-order valence-corrected chi connectivity index (χ0v) is 33.8. The minimum atomic E-state index is -1.01. The van der Waals surface area contributed by atoms with Crippen LogP contribution in [0.5, 0.6) is 0 Å². The highest BCUT2D eigenvalue weighted by molar-refractivity contribution is 6.38. The Hall–Kier alpha value is -3.77. The highest BCUT2D eigenvalue weighted by atomic mass is 16.2. The number of amides is 7. The quantitative estimate of drug-likeness (QED) is 0.104. The third-order valence-corrected chi connectivity index (χ3v) is 11.6. The number of hydrogen-bond acceptors (Lipinski definition) is 7. The van der Waals surface area contributed by atoms with E-state index in [-0.39, 0.29) is 67.3 Å². The van der Waals surface area contributed by atoms with Crippen LogP contribution in [-0.2, 0) is 28.8 Å². The van der Waals surface area contributed by atoms with E-state index in [4.69, 9.17) is 0 Å². The summed E-state index contributed by atoms with van der Waals surface area (Å²) < 4.78 is 0. The van der Waals surface area contributed by atoms with Gasteiger partial charge in [-0.15, -0.1) is 6.58 Å². The first-order valence-electron chi connectivity index (χ1n) is 20.2. The predicted molar refractivity (Wildman–Crippen MR) is 206 cm³/mol. The Morgan fingerprint density at radius 1 is 0.889 bits per heavy atom. The van der Waals surface area contributed by atoms with Crippen LogP contribution in [0.15, 0.2) is 12.7 Å². The lowest BCUT2D eigenvalue weighted by atomic mass is 9.80. The van der Waals surface area contributed by atoms with E-state index in [0.717, 1.165) is 44.9 Å². The molecule has 2 saturated carbocycles. The first-order chi connectivity index (χ1) is 25.3. The normalized spacial score (nSPS) is 23.7. The van der Waals surface area contributed by atoms with Gasteiger partial charge in [-0.3, -0.25) is 33.7 Å². The number of imide groups is 1. The fourth-order valence-electron chi connectivity index (χ4n) is 8.40. The molecule has 4 aliphatic rings. The van der Waals surface area contributed by atoms with Crippen LogP contribution >= 0.6 is 0 Å². The summed E-state index contributed by atoms with van der Waals surface area (Å²) in [5.41, 5.74) is -0.957. The van der Waals surface area contributed by atoms with Gasteiger partial charge >= 0.3 is 6.03 Å². The summed E-state index contributed by atoms with van der Waals surface area (Å²) in [6, 6.07) is -3.96. The Labute approximate surface area is 321 Å². The fraction of sp³-hybridized carbons (Fsp3) is 0.780. The first-order valence-corrected chi connectivity index (χ1v) is 20.2. The third-order valence-electron chi connectivity index (χ3n) is 11.6. The number of carbonyl (C=O) groups is 7. The number of nitrogens with one attached hydrogen (secondary N) is 4. The second-order valence-electron chi connectivity index (χ2n) is 18.6. The SMILES string of the molecule is C=CCNC(=O)C(=O)C(CC1CC1)NC(=O)[C@@H]1C(CC(C)C)CCN1C(=O)[C@@H](NC(=O)N[C@H](CN1C(=O)CC(C)(C)CC1=O)C(C)(C)C)C1CCCCC1. The summed E-state index contributed by atoms with van der Waals surface area (Å²) in [6.45, 7) is 17.8. The third kappa shape index (κ3) is 11.6. The summed E-state index contributed by atoms with van der Waals surface area (Å²) in [5.74, 6) is -2.66. The number of Topliss-reactive ketones (excluding diaryl/α,β-unsaturated/α-hetero) is 1. The van der Waals surface area contributed by atoms with Crippen molar-refractivity contribution in [2.75, 3.05) is 19.6 Å². The molecule has 5 atom stereocenters. The van der Waals surface area contributed by atoms with Crippen molar-refractivity contribution in [1.29, 1.82) is 0 Å². The Bertz CT molecular complexity index is 1410. The average Bonchev–Trinajstić information content (AvgIpc) is 3.81. The van der Waals surface area contributed by atoms with Crippen molar-refractivity contribution in [1.82, 2.24) is 31.1 Å². The van der Waals surface area contributed by atoms with E-state index >= 15 is 0 Å². The molecule has 54 heavy (non-hydrogen) atoms. The largest absolute Gasteiger partial charge is 0.346 e. The van der Waals surface area contributed by atoms with Crippen LogP contribution in [0, 0.1) is 34.5 Å². The molecule has 0 radical (unpaired) electrons. The lowest BCUT2D eigenvalue weighted by Crippen LogP contribution is -2.62. The van der Waals surface area contributed by atoms with Gasteiger partial charge in [-0.2, -0.15) is 0 Å². The van der Waals surface area contributed by atoms with Gasteiger partial charge in [-0.25, -0.2) is 4.79 Å². The number of carbonyl (C=O) groups excluding carboxylic acids is 7. The molecular formula is C41H66N6O7. The molecule has 0 aromatic carbocycles.